The number of aromatic amines is 2. The van der Waals surface area contributed by atoms with Crippen molar-refractivity contribution in [2.45, 2.75) is 58.7 Å². The molecule has 16 heteroatoms. The molecule has 0 spiro atoms. The van der Waals surface area contributed by atoms with Gasteiger partial charge in [0.2, 0.25) is 5.88 Å². The van der Waals surface area contributed by atoms with Crippen LogP contribution in [0.5, 0.6) is 11.6 Å². The third-order valence-corrected chi connectivity index (χ3v) is 11.7. The SMILES string of the molecule is CCOc1nc(C(=O)N(C)[C@@H](C)c2cnc(C)c3cn[nH]c23)cc(Cc2ncc(CNC(=O)c3cc(F)c(-c4cccc(Cl)c4)c(OC4CC4)c3)c3[nH]ncc23)c1-c1cccc(F)c1. The number of aromatic nitrogens is 7. The molecule has 324 valence electrons. The van der Waals surface area contributed by atoms with Gasteiger partial charge in [0.15, 0.2) is 0 Å². The van der Waals surface area contributed by atoms with E-state index in [0.717, 1.165) is 35.0 Å². The van der Waals surface area contributed by atoms with E-state index in [1.54, 1.807) is 92.2 Å². The van der Waals surface area contributed by atoms with Gasteiger partial charge in [0.25, 0.3) is 11.8 Å². The molecule has 0 bridgehead atoms. The Bertz CT molecular complexity index is 3100. The molecule has 0 unspecified atom stereocenters. The van der Waals surface area contributed by atoms with Crippen LogP contribution < -0.4 is 14.8 Å². The average Bonchev–Trinajstić information content (AvgIpc) is 3.70. The molecule has 5 aromatic heterocycles. The number of fused-ring (bicyclic) bond motifs is 2. The van der Waals surface area contributed by atoms with Crippen molar-refractivity contribution in [2.75, 3.05) is 13.7 Å². The van der Waals surface area contributed by atoms with Crippen LogP contribution in [-0.2, 0) is 13.0 Å². The Kier molecular flexibility index (Phi) is 11.5. The van der Waals surface area contributed by atoms with E-state index in [4.69, 9.17) is 31.0 Å². The number of rotatable bonds is 14. The number of benzene rings is 3. The fraction of sp³-hybridized carbons (Fsp3) is 0.229. The molecule has 1 aliphatic carbocycles. The van der Waals surface area contributed by atoms with E-state index < -0.39 is 23.6 Å². The standard InChI is InChI=1S/C48H42ClF2N9O4/c1-5-63-47-42(28-9-7-11-33(50)15-28)29(18-40(57-47)48(62)60(4)26(3)36-22-52-25(2)35-23-55-59-45(35)36)17-39-37-24-56-58-44(37)31(20-53-39)21-54-46(61)30-16-38(51)43(27-8-6-10-32(49)14-27)41(19-30)64-34-12-13-34/h6-11,14-16,18-20,22-24,26,34H,5,12-13,17,21H2,1-4H3,(H,54,61)(H,55,59)(H,56,58)/t26-/m0/s1. The van der Waals surface area contributed by atoms with Gasteiger partial charge < -0.3 is 19.7 Å². The number of halogens is 3. The zero-order valence-corrected chi connectivity index (χ0v) is 36.1. The van der Waals surface area contributed by atoms with Crippen molar-refractivity contribution in [3.8, 4) is 33.9 Å². The number of hydrogen-bond donors (Lipinski definition) is 3. The van der Waals surface area contributed by atoms with Crippen LogP contribution in [0, 0.1) is 18.6 Å². The first kappa shape index (κ1) is 42.1. The van der Waals surface area contributed by atoms with E-state index in [-0.39, 0.29) is 60.0 Å². The van der Waals surface area contributed by atoms with Crippen molar-refractivity contribution >= 4 is 45.2 Å². The Labute approximate surface area is 371 Å². The zero-order valence-electron chi connectivity index (χ0n) is 35.3. The maximum Gasteiger partial charge on any atom is 0.272 e. The van der Waals surface area contributed by atoms with Crippen molar-refractivity contribution < 1.29 is 27.8 Å². The number of H-pyrrole nitrogens is 2. The number of aryl methyl sites for hydroxylation is 1. The summed E-state index contributed by atoms with van der Waals surface area (Å²) in [6.45, 7) is 5.86. The van der Waals surface area contributed by atoms with Crippen LogP contribution in [0.25, 0.3) is 44.1 Å². The summed E-state index contributed by atoms with van der Waals surface area (Å²) in [6, 6.07) is 16.9. The molecule has 0 aliphatic heterocycles. The fourth-order valence-electron chi connectivity index (χ4n) is 7.85. The Morgan fingerprint density at radius 1 is 0.906 bits per heavy atom. The molecule has 1 aliphatic rings. The van der Waals surface area contributed by atoms with Crippen molar-refractivity contribution in [3.05, 3.63) is 148 Å². The molecule has 0 saturated heterocycles. The Morgan fingerprint density at radius 2 is 1.66 bits per heavy atom. The molecule has 3 aromatic carbocycles. The summed E-state index contributed by atoms with van der Waals surface area (Å²) in [5, 5.41) is 19.5. The molecular weight excluding hydrogens is 840 g/mol. The molecule has 64 heavy (non-hydrogen) atoms. The van der Waals surface area contributed by atoms with Crippen LogP contribution in [0.4, 0.5) is 8.78 Å². The number of ether oxygens (including phenoxy) is 2. The molecule has 2 amide bonds. The lowest BCUT2D eigenvalue weighted by molar-refractivity contribution is 0.0735. The van der Waals surface area contributed by atoms with Gasteiger partial charge in [-0.05, 0) is 92.8 Å². The minimum Gasteiger partial charge on any atom is -0.490 e. The monoisotopic (exact) mass is 881 g/mol. The molecule has 13 nitrogen and oxygen atoms in total. The van der Waals surface area contributed by atoms with E-state index in [0.29, 0.717) is 49.4 Å². The van der Waals surface area contributed by atoms with Crippen LogP contribution in [0.2, 0.25) is 5.02 Å². The van der Waals surface area contributed by atoms with E-state index in [9.17, 15) is 14.0 Å². The van der Waals surface area contributed by atoms with Gasteiger partial charge in [-0.15, -0.1) is 0 Å². The highest BCUT2D eigenvalue weighted by Crippen LogP contribution is 2.40. The summed E-state index contributed by atoms with van der Waals surface area (Å²) < 4.78 is 42.8. The van der Waals surface area contributed by atoms with Gasteiger partial charge in [0.05, 0.1) is 53.4 Å². The summed E-state index contributed by atoms with van der Waals surface area (Å²) in [5.74, 6) is -1.54. The summed E-state index contributed by atoms with van der Waals surface area (Å²) in [6.07, 6.45) is 8.50. The summed E-state index contributed by atoms with van der Waals surface area (Å²) in [7, 11) is 1.69. The number of nitrogens with one attached hydrogen (secondary N) is 3. The quantitative estimate of drug-likeness (QED) is 0.0965. The first-order chi connectivity index (χ1) is 31.0. The Balaban J connectivity index is 1.03. The second kappa shape index (κ2) is 17.5. The van der Waals surface area contributed by atoms with Crippen LogP contribution in [0.15, 0.2) is 91.5 Å². The summed E-state index contributed by atoms with van der Waals surface area (Å²) in [5.41, 5.74) is 6.78. The van der Waals surface area contributed by atoms with Crippen LogP contribution in [0.3, 0.4) is 0 Å². The van der Waals surface area contributed by atoms with Gasteiger partial charge in [-0.2, -0.15) is 10.2 Å². The molecule has 5 heterocycles. The normalized spacial score (nSPS) is 13.0. The highest BCUT2D eigenvalue weighted by atomic mass is 35.5. The van der Waals surface area contributed by atoms with Crippen LogP contribution in [0.1, 0.15) is 81.7 Å². The first-order valence-corrected chi connectivity index (χ1v) is 21.2. The van der Waals surface area contributed by atoms with Crippen molar-refractivity contribution in [1.82, 2.24) is 45.6 Å². The predicted octanol–water partition coefficient (Wildman–Crippen LogP) is 9.49. The van der Waals surface area contributed by atoms with Gasteiger partial charge in [-0.3, -0.25) is 29.8 Å². The lowest BCUT2D eigenvalue weighted by Crippen LogP contribution is -2.31. The van der Waals surface area contributed by atoms with Crippen LogP contribution in [-0.4, -0.2) is 71.8 Å². The second-order valence-corrected chi connectivity index (χ2v) is 16.2. The highest BCUT2D eigenvalue weighted by Gasteiger charge is 2.29. The van der Waals surface area contributed by atoms with Gasteiger partial charge in [0.1, 0.15) is 23.1 Å². The molecule has 1 atom stereocenters. The van der Waals surface area contributed by atoms with Gasteiger partial charge in [0, 0.05) is 76.1 Å². The van der Waals surface area contributed by atoms with E-state index in [1.165, 1.54) is 18.2 Å². The van der Waals surface area contributed by atoms with Gasteiger partial charge in [-0.25, -0.2) is 13.8 Å². The minimum absolute atomic E-state index is 0.0318. The smallest absolute Gasteiger partial charge is 0.272 e. The van der Waals surface area contributed by atoms with Crippen molar-refractivity contribution in [3.63, 3.8) is 0 Å². The first-order valence-electron chi connectivity index (χ1n) is 20.8. The third kappa shape index (κ3) is 8.33. The average molecular weight is 882 g/mol. The number of amides is 2. The molecule has 1 fully saturated rings. The van der Waals surface area contributed by atoms with E-state index in [1.807, 2.05) is 13.8 Å². The van der Waals surface area contributed by atoms with Crippen LogP contribution >= 0.6 is 11.6 Å². The maximum atomic E-state index is 15.8. The number of nitrogens with zero attached hydrogens (tertiary/aromatic N) is 6. The molecule has 1 saturated carbocycles. The third-order valence-electron chi connectivity index (χ3n) is 11.4. The van der Waals surface area contributed by atoms with Gasteiger partial charge in [-0.1, -0.05) is 35.9 Å². The number of pyridine rings is 3. The maximum absolute atomic E-state index is 15.8. The molecule has 9 rings (SSSR count). The number of carbonyl (C=O) groups is 2. The van der Waals surface area contributed by atoms with E-state index >= 15 is 4.39 Å². The minimum atomic E-state index is -0.612. The Morgan fingerprint density at radius 3 is 2.41 bits per heavy atom. The lowest BCUT2D eigenvalue weighted by Gasteiger charge is -2.26. The molecule has 3 N–H and O–H groups in total. The molecule has 8 aromatic rings. The second-order valence-electron chi connectivity index (χ2n) is 15.7. The highest BCUT2D eigenvalue weighted by molar-refractivity contribution is 6.30. The zero-order chi connectivity index (χ0) is 44.6. The van der Waals surface area contributed by atoms with Crippen molar-refractivity contribution in [2.24, 2.45) is 0 Å². The summed E-state index contributed by atoms with van der Waals surface area (Å²) in [4.78, 5) is 43.7. The van der Waals surface area contributed by atoms with Gasteiger partial charge >= 0.3 is 0 Å². The molecular formula is C48H42ClF2N9O4. The topological polar surface area (TPSA) is 164 Å². The van der Waals surface area contributed by atoms with Crippen molar-refractivity contribution in [1.29, 1.82) is 0 Å². The lowest BCUT2D eigenvalue weighted by atomic mass is 9.95. The number of hydrogen-bond acceptors (Lipinski definition) is 9. The number of carbonyl (C=O) groups excluding carboxylic acids is 2. The summed E-state index contributed by atoms with van der Waals surface area (Å²) >= 11 is 6.23. The Hall–Kier alpha value is -7.26. The van der Waals surface area contributed by atoms with E-state index in [2.05, 4.69) is 30.7 Å². The fourth-order valence-corrected chi connectivity index (χ4v) is 8.04. The molecule has 0 radical (unpaired) electrons. The largest absolute Gasteiger partial charge is 0.490 e. The predicted molar refractivity (Wildman–Crippen MR) is 238 cm³/mol.